The molecular formula is C12H15F3N2O5. The minimum atomic E-state index is -4.77. The maximum absolute atomic E-state index is 12.8. The van der Waals surface area contributed by atoms with Crippen molar-refractivity contribution in [2.24, 2.45) is 0 Å². The van der Waals surface area contributed by atoms with Gasteiger partial charge in [0.1, 0.15) is 18.3 Å². The Hall–Kier alpha value is -1.49. The predicted molar refractivity (Wildman–Crippen MR) is 65.9 cm³/mol. The lowest BCUT2D eigenvalue weighted by atomic mass is 10.1. The Balaban J connectivity index is 2.48. The Morgan fingerprint density at radius 3 is 2.45 bits per heavy atom. The predicted octanol–water partition coefficient (Wildman–Crippen LogP) is -0.564. The summed E-state index contributed by atoms with van der Waals surface area (Å²) in [5.74, 6) is 0. The van der Waals surface area contributed by atoms with Gasteiger partial charge in [0.05, 0.1) is 6.61 Å². The highest BCUT2D eigenvalue weighted by atomic mass is 19.4. The first kappa shape index (κ1) is 16.9. The molecule has 0 saturated carbocycles. The van der Waals surface area contributed by atoms with Gasteiger partial charge in [-0.15, -0.1) is 0 Å². The first-order valence-electron chi connectivity index (χ1n) is 6.52. The monoisotopic (exact) mass is 324 g/mol. The van der Waals surface area contributed by atoms with E-state index in [0.29, 0.717) is 4.57 Å². The van der Waals surface area contributed by atoms with Crippen LogP contribution in [0.1, 0.15) is 24.4 Å². The Kier molecular flexibility index (Phi) is 4.57. The van der Waals surface area contributed by atoms with Gasteiger partial charge in [-0.2, -0.15) is 18.2 Å². The number of rotatable bonds is 3. The van der Waals surface area contributed by atoms with Crippen LogP contribution in [-0.4, -0.2) is 49.8 Å². The van der Waals surface area contributed by atoms with Crippen molar-refractivity contribution in [1.82, 2.24) is 9.55 Å². The Morgan fingerprint density at radius 1 is 1.36 bits per heavy atom. The first-order chi connectivity index (χ1) is 10.2. The highest BCUT2D eigenvalue weighted by molar-refractivity contribution is 5.20. The maximum Gasteiger partial charge on any atom is 0.433 e. The van der Waals surface area contributed by atoms with Gasteiger partial charge in [0, 0.05) is 6.20 Å². The molecule has 2 heterocycles. The summed E-state index contributed by atoms with van der Waals surface area (Å²) in [6.45, 7) is 0.844. The number of halogens is 3. The first-order valence-corrected chi connectivity index (χ1v) is 6.52. The third-order valence-corrected chi connectivity index (χ3v) is 3.47. The van der Waals surface area contributed by atoms with Crippen molar-refractivity contribution in [2.75, 3.05) is 6.61 Å². The van der Waals surface area contributed by atoms with Crippen molar-refractivity contribution in [3.63, 3.8) is 0 Å². The van der Waals surface area contributed by atoms with Gasteiger partial charge in [-0.1, -0.05) is 6.92 Å². The van der Waals surface area contributed by atoms with E-state index in [1.54, 1.807) is 0 Å². The van der Waals surface area contributed by atoms with Crippen LogP contribution in [0.2, 0.25) is 0 Å². The molecule has 1 aromatic rings. The lowest BCUT2D eigenvalue weighted by Gasteiger charge is -2.19. The van der Waals surface area contributed by atoms with Crippen LogP contribution < -0.4 is 5.69 Å². The Bertz CT molecular complexity index is 603. The van der Waals surface area contributed by atoms with Crippen LogP contribution in [0.4, 0.5) is 13.2 Å². The highest BCUT2D eigenvalue weighted by Gasteiger charge is 2.44. The van der Waals surface area contributed by atoms with Crippen molar-refractivity contribution in [1.29, 1.82) is 0 Å². The van der Waals surface area contributed by atoms with Crippen molar-refractivity contribution < 1.29 is 33.2 Å². The van der Waals surface area contributed by atoms with E-state index in [4.69, 9.17) is 9.84 Å². The maximum atomic E-state index is 12.8. The van der Waals surface area contributed by atoms with E-state index < -0.39 is 48.7 Å². The molecule has 0 aromatic carbocycles. The molecule has 0 radical (unpaired) electrons. The fraction of sp³-hybridized carbons (Fsp3) is 0.667. The molecule has 1 aliphatic rings. The van der Waals surface area contributed by atoms with E-state index in [1.165, 1.54) is 6.92 Å². The van der Waals surface area contributed by atoms with Crippen LogP contribution in [0.15, 0.2) is 11.0 Å². The fourth-order valence-electron chi connectivity index (χ4n) is 2.31. The number of aryl methyl sites for hydroxylation is 1. The normalized spacial score (nSPS) is 29.0. The number of ether oxygens (including phenoxy) is 1. The lowest BCUT2D eigenvalue weighted by Crippen LogP contribution is -2.37. The quantitative estimate of drug-likeness (QED) is 0.688. The van der Waals surface area contributed by atoms with Crippen LogP contribution >= 0.6 is 0 Å². The minimum Gasteiger partial charge on any atom is -0.394 e. The molecule has 0 unspecified atom stereocenters. The van der Waals surface area contributed by atoms with Gasteiger partial charge in [0.15, 0.2) is 11.9 Å². The summed E-state index contributed by atoms with van der Waals surface area (Å²) in [5.41, 5.74) is -2.80. The van der Waals surface area contributed by atoms with E-state index in [0.717, 1.165) is 6.20 Å². The molecule has 1 saturated heterocycles. The van der Waals surface area contributed by atoms with Crippen LogP contribution in [0.3, 0.4) is 0 Å². The third-order valence-electron chi connectivity index (χ3n) is 3.47. The molecule has 124 valence electrons. The largest absolute Gasteiger partial charge is 0.433 e. The van der Waals surface area contributed by atoms with Crippen LogP contribution in [0, 0.1) is 0 Å². The molecule has 1 aliphatic heterocycles. The third kappa shape index (κ3) is 2.86. The summed E-state index contributed by atoms with van der Waals surface area (Å²) in [4.78, 5) is 14.8. The number of aliphatic hydroxyl groups is 3. The zero-order chi connectivity index (χ0) is 16.7. The molecule has 2 rings (SSSR count). The molecule has 1 aromatic heterocycles. The smallest absolute Gasteiger partial charge is 0.394 e. The number of nitrogens with zero attached hydrogens (tertiary/aromatic N) is 2. The highest BCUT2D eigenvalue weighted by Crippen LogP contribution is 2.32. The summed E-state index contributed by atoms with van der Waals surface area (Å²) in [6, 6.07) is 0. The van der Waals surface area contributed by atoms with Crippen molar-refractivity contribution in [2.45, 2.75) is 44.1 Å². The standard InChI is InChI=1S/C12H15F3N2O5/c1-2-5-3-17(11(21)16-9(5)12(13,14)15)10-8(20)7(19)6(4-18)22-10/h3,6-8,10,18-20H,2,4H2,1H3/t6-,7-,8-,10-/m1/s1. The number of aromatic nitrogens is 2. The zero-order valence-electron chi connectivity index (χ0n) is 11.5. The van der Waals surface area contributed by atoms with Gasteiger partial charge in [0.2, 0.25) is 0 Å². The molecule has 10 heteroatoms. The number of aliphatic hydroxyl groups excluding tert-OH is 3. The number of alkyl halides is 3. The molecule has 7 nitrogen and oxygen atoms in total. The summed E-state index contributed by atoms with van der Waals surface area (Å²) in [7, 11) is 0. The Labute approximate surface area is 122 Å². The lowest BCUT2D eigenvalue weighted by molar-refractivity contribution is -0.142. The summed E-state index contributed by atoms with van der Waals surface area (Å²) in [6.07, 6.45) is -9.51. The second-order valence-corrected chi connectivity index (χ2v) is 4.88. The molecule has 0 aliphatic carbocycles. The van der Waals surface area contributed by atoms with E-state index in [9.17, 15) is 28.2 Å². The van der Waals surface area contributed by atoms with Crippen LogP contribution in [0.25, 0.3) is 0 Å². The fourth-order valence-corrected chi connectivity index (χ4v) is 2.31. The average Bonchev–Trinajstić information content (AvgIpc) is 2.74. The zero-order valence-corrected chi connectivity index (χ0v) is 11.5. The Morgan fingerprint density at radius 2 is 2.00 bits per heavy atom. The van der Waals surface area contributed by atoms with Crippen molar-refractivity contribution in [3.05, 3.63) is 27.9 Å². The molecule has 0 amide bonds. The minimum absolute atomic E-state index is 0.0447. The van der Waals surface area contributed by atoms with E-state index >= 15 is 0 Å². The molecule has 1 fully saturated rings. The molecule has 4 atom stereocenters. The van der Waals surface area contributed by atoms with Gasteiger partial charge >= 0.3 is 11.9 Å². The summed E-state index contributed by atoms with van der Waals surface area (Å²) >= 11 is 0. The second-order valence-electron chi connectivity index (χ2n) is 4.88. The van der Waals surface area contributed by atoms with Crippen LogP contribution in [-0.2, 0) is 17.3 Å². The summed E-state index contributed by atoms with van der Waals surface area (Å²) in [5, 5.41) is 28.5. The topological polar surface area (TPSA) is 105 Å². The number of hydrogen-bond donors (Lipinski definition) is 3. The second kappa shape index (κ2) is 5.95. The van der Waals surface area contributed by atoms with Crippen molar-refractivity contribution >= 4 is 0 Å². The van der Waals surface area contributed by atoms with E-state index in [-0.39, 0.29) is 12.0 Å². The molecule has 0 spiro atoms. The van der Waals surface area contributed by atoms with Gasteiger partial charge in [-0.25, -0.2) is 4.79 Å². The average molecular weight is 324 g/mol. The van der Waals surface area contributed by atoms with Gasteiger partial charge in [-0.3, -0.25) is 4.57 Å². The van der Waals surface area contributed by atoms with Gasteiger partial charge in [0.25, 0.3) is 0 Å². The van der Waals surface area contributed by atoms with E-state index in [2.05, 4.69) is 4.98 Å². The van der Waals surface area contributed by atoms with Crippen molar-refractivity contribution in [3.8, 4) is 0 Å². The van der Waals surface area contributed by atoms with Gasteiger partial charge < -0.3 is 20.1 Å². The van der Waals surface area contributed by atoms with Crippen LogP contribution in [0.5, 0.6) is 0 Å². The molecule has 22 heavy (non-hydrogen) atoms. The van der Waals surface area contributed by atoms with E-state index in [1.807, 2.05) is 0 Å². The SMILES string of the molecule is CCc1cn([C@@H]2O[C@H](CO)[C@@H](O)[C@H]2O)c(=O)nc1C(F)(F)F. The number of hydrogen-bond acceptors (Lipinski definition) is 6. The molecule has 3 N–H and O–H groups in total. The molecular weight excluding hydrogens is 309 g/mol. The van der Waals surface area contributed by atoms with Gasteiger partial charge in [-0.05, 0) is 12.0 Å². The molecule has 0 bridgehead atoms. The summed E-state index contributed by atoms with van der Waals surface area (Å²) < 4.78 is 44.3.